The standard InChI is InChI=1S/C24H23F3N6O/c1-34-19-9-7-18(8-10-19)22(17-5-3-2-4-6-17)32-15-13-31(14-16-32)21-12-11-20-28-29-23(24(25,26)27)33(20)30-21/h2-12,22H,13-16H2,1H3. The average molecular weight is 468 g/mol. The number of rotatable bonds is 5. The lowest BCUT2D eigenvalue weighted by atomic mass is 9.96. The summed E-state index contributed by atoms with van der Waals surface area (Å²) in [6.45, 7) is 2.70. The van der Waals surface area contributed by atoms with E-state index in [9.17, 15) is 13.2 Å². The van der Waals surface area contributed by atoms with Crippen LogP contribution in [0.15, 0.2) is 66.7 Å². The van der Waals surface area contributed by atoms with Crippen LogP contribution in [0.4, 0.5) is 19.0 Å². The van der Waals surface area contributed by atoms with Gasteiger partial charge in [-0.3, -0.25) is 4.90 Å². The van der Waals surface area contributed by atoms with Crippen LogP contribution in [0.5, 0.6) is 5.75 Å². The van der Waals surface area contributed by atoms with Crippen molar-refractivity contribution in [1.29, 1.82) is 0 Å². The molecule has 0 saturated carbocycles. The van der Waals surface area contributed by atoms with E-state index in [1.807, 2.05) is 35.2 Å². The molecule has 1 atom stereocenters. The van der Waals surface area contributed by atoms with Gasteiger partial charge in [-0.2, -0.15) is 17.7 Å². The lowest BCUT2D eigenvalue weighted by molar-refractivity contribution is -0.146. The molecule has 0 N–H and O–H groups in total. The van der Waals surface area contributed by atoms with E-state index in [2.05, 4.69) is 44.5 Å². The van der Waals surface area contributed by atoms with E-state index in [4.69, 9.17) is 4.74 Å². The number of hydrogen-bond donors (Lipinski definition) is 0. The Kier molecular flexibility index (Phi) is 5.82. The fourth-order valence-corrected chi connectivity index (χ4v) is 4.37. The van der Waals surface area contributed by atoms with Gasteiger partial charge in [-0.05, 0) is 35.4 Å². The van der Waals surface area contributed by atoms with Crippen molar-refractivity contribution in [2.45, 2.75) is 12.2 Å². The topological polar surface area (TPSA) is 58.8 Å². The van der Waals surface area contributed by atoms with Gasteiger partial charge < -0.3 is 9.64 Å². The molecule has 2 aromatic heterocycles. The molecule has 4 aromatic rings. The zero-order valence-electron chi connectivity index (χ0n) is 18.5. The molecule has 0 aliphatic carbocycles. The second-order valence-electron chi connectivity index (χ2n) is 8.09. The highest BCUT2D eigenvalue weighted by Crippen LogP contribution is 2.32. The minimum Gasteiger partial charge on any atom is -0.497 e. The second kappa shape index (κ2) is 8.94. The number of anilines is 1. The number of hydrogen-bond acceptors (Lipinski definition) is 6. The fraction of sp³-hybridized carbons (Fsp3) is 0.292. The van der Waals surface area contributed by atoms with Gasteiger partial charge >= 0.3 is 6.18 Å². The molecule has 1 aliphatic heterocycles. The number of aromatic nitrogens is 4. The molecule has 7 nitrogen and oxygen atoms in total. The van der Waals surface area contributed by atoms with E-state index in [0.29, 0.717) is 18.9 Å². The summed E-state index contributed by atoms with van der Waals surface area (Å²) in [5.74, 6) is 0.152. The Morgan fingerprint density at radius 1 is 0.824 bits per heavy atom. The normalized spacial score (nSPS) is 16.1. The van der Waals surface area contributed by atoms with Crippen molar-refractivity contribution in [3.63, 3.8) is 0 Å². The van der Waals surface area contributed by atoms with Gasteiger partial charge in [-0.1, -0.05) is 42.5 Å². The first-order chi connectivity index (χ1) is 16.4. The summed E-state index contributed by atoms with van der Waals surface area (Å²) in [4.78, 5) is 4.37. The molecule has 176 valence electrons. The number of halogens is 3. The highest BCUT2D eigenvalue weighted by atomic mass is 19.4. The Morgan fingerprint density at radius 3 is 2.15 bits per heavy atom. The maximum atomic E-state index is 13.2. The predicted molar refractivity (Wildman–Crippen MR) is 121 cm³/mol. The summed E-state index contributed by atoms with van der Waals surface area (Å²) in [6, 6.07) is 21.6. The van der Waals surface area contributed by atoms with E-state index in [0.717, 1.165) is 28.9 Å². The van der Waals surface area contributed by atoms with E-state index in [-0.39, 0.29) is 11.7 Å². The molecular weight excluding hydrogens is 445 g/mol. The van der Waals surface area contributed by atoms with E-state index in [1.165, 1.54) is 11.6 Å². The molecule has 1 fully saturated rings. The van der Waals surface area contributed by atoms with Gasteiger partial charge in [0.1, 0.15) is 11.6 Å². The number of piperazine rings is 1. The Bertz CT molecular complexity index is 1250. The number of nitrogens with zero attached hydrogens (tertiary/aromatic N) is 6. The minimum absolute atomic E-state index is 0.0550. The largest absolute Gasteiger partial charge is 0.497 e. The van der Waals surface area contributed by atoms with Crippen LogP contribution in [0.3, 0.4) is 0 Å². The zero-order chi connectivity index (χ0) is 23.7. The first-order valence-corrected chi connectivity index (χ1v) is 10.9. The number of methoxy groups -OCH3 is 1. The van der Waals surface area contributed by atoms with Gasteiger partial charge in [0.05, 0.1) is 13.2 Å². The number of alkyl halides is 3. The molecule has 5 rings (SSSR count). The molecule has 1 unspecified atom stereocenters. The monoisotopic (exact) mass is 468 g/mol. The Balaban J connectivity index is 1.38. The van der Waals surface area contributed by atoms with Crippen LogP contribution in [-0.2, 0) is 6.18 Å². The third-order valence-electron chi connectivity index (χ3n) is 6.05. The van der Waals surface area contributed by atoms with Gasteiger partial charge in [-0.15, -0.1) is 15.3 Å². The summed E-state index contributed by atoms with van der Waals surface area (Å²) >= 11 is 0. The molecule has 34 heavy (non-hydrogen) atoms. The summed E-state index contributed by atoms with van der Waals surface area (Å²) in [7, 11) is 1.64. The molecule has 10 heteroatoms. The van der Waals surface area contributed by atoms with Crippen molar-refractivity contribution >= 4 is 11.5 Å². The Hall–Kier alpha value is -3.66. The Morgan fingerprint density at radius 2 is 1.50 bits per heavy atom. The number of ether oxygens (including phenoxy) is 1. The SMILES string of the molecule is COc1ccc(C(c2ccccc2)N2CCN(c3ccc4nnc(C(F)(F)F)n4n3)CC2)cc1. The van der Waals surface area contributed by atoms with Crippen molar-refractivity contribution in [2.24, 2.45) is 0 Å². The van der Waals surface area contributed by atoms with Gasteiger partial charge in [0.2, 0.25) is 0 Å². The van der Waals surface area contributed by atoms with Crippen LogP contribution in [0.1, 0.15) is 23.0 Å². The molecule has 0 amide bonds. The third kappa shape index (κ3) is 4.28. The predicted octanol–water partition coefficient (Wildman–Crippen LogP) is 4.06. The Labute approximate surface area is 194 Å². The summed E-state index contributed by atoms with van der Waals surface area (Å²) < 4.78 is 45.8. The van der Waals surface area contributed by atoms with Crippen LogP contribution in [0, 0.1) is 0 Å². The molecule has 3 heterocycles. The van der Waals surface area contributed by atoms with Crippen molar-refractivity contribution in [2.75, 3.05) is 38.2 Å². The molecule has 1 aliphatic rings. The van der Waals surface area contributed by atoms with Crippen molar-refractivity contribution in [3.05, 3.63) is 83.7 Å². The lowest BCUT2D eigenvalue weighted by Gasteiger charge is -2.40. The second-order valence-corrected chi connectivity index (χ2v) is 8.09. The van der Waals surface area contributed by atoms with E-state index >= 15 is 0 Å². The maximum Gasteiger partial charge on any atom is 0.453 e. The zero-order valence-corrected chi connectivity index (χ0v) is 18.5. The van der Waals surface area contributed by atoms with Gasteiger partial charge in [-0.25, -0.2) is 0 Å². The van der Waals surface area contributed by atoms with Crippen molar-refractivity contribution in [3.8, 4) is 5.75 Å². The molecule has 2 aromatic carbocycles. The first-order valence-electron chi connectivity index (χ1n) is 10.9. The maximum absolute atomic E-state index is 13.2. The lowest BCUT2D eigenvalue weighted by Crippen LogP contribution is -2.48. The van der Waals surface area contributed by atoms with Crippen LogP contribution < -0.4 is 9.64 Å². The molecule has 0 spiro atoms. The summed E-state index contributed by atoms with van der Waals surface area (Å²) in [5, 5.41) is 11.0. The number of fused-ring (bicyclic) bond motifs is 1. The average Bonchev–Trinajstić information content (AvgIpc) is 3.30. The first kappa shape index (κ1) is 22.1. The molecule has 0 bridgehead atoms. The highest BCUT2D eigenvalue weighted by molar-refractivity contribution is 5.46. The third-order valence-corrected chi connectivity index (χ3v) is 6.05. The van der Waals surface area contributed by atoms with Gasteiger partial charge in [0, 0.05) is 26.2 Å². The van der Waals surface area contributed by atoms with Crippen LogP contribution in [-0.4, -0.2) is 58.0 Å². The van der Waals surface area contributed by atoms with Crippen molar-refractivity contribution in [1.82, 2.24) is 24.7 Å². The summed E-state index contributed by atoms with van der Waals surface area (Å²) in [5.41, 5.74) is 2.40. The highest BCUT2D eigenvalue weighted by Gasteiger charge is 2.38. The van der Waals surface area contributed by atoms with Gasteiger partial charge in [0.15, 0.2) is 5.65 Å². The fourth-order valence-electron chi connectivity index (χ4n) is 4.37. The van der Waals surface area contributed by atoms with Crippen LogP contribution in [0.2, 0.25) is 0 Å². The van der Waals surface area contributed by atoms with Crippen molar-refractivity contribution < 1.29 is 17.9 Å². The van der Waals surface area contributed by atoms with Gasteiger partial charge in [0.25, 0.3) is 5.82 Å². The van der Waals surface area contributed by atoms with E-state index < -0.39 is 12.0 Å². The minimum atomic E-state index is -4.62. The number of benzene rings is 2. The summed E-state index contributed by atoms with van der Waals surface area (Å²) in [6.07, 6.45) is -4.62. The smallest absolute Gasteiger partial charge is 0.453 e. The van der Waals surface area contributed by atoms with Crippen LogP contribution in [0.25, 0.3) is 5.65 Å². The van der Waals surface area contributed by atoms with E-state index in [1.54, 1.807) is 13.2 Å². The quantitative estimate of drug-likeness (QED) is 0.440. The molecular formula is C24H23F3N6O. The molecule has 1 saturated heterocycles. The molecule has 0 radical (unpaired) electrons. The van der Waals surface area contributed by atoms with Crippen LogP contribution >= 0.6 is 0 Å².